The lowest BCUT2D eigenvalue weighted by atomic mass is 10.2. The summed E-state index contributed by atoms with van der Waals surface area (Å²) in [4.78, 5) is 25.9. The average Bonchev–Trinajstić information content (AvgIpc) is 3.26. The van der Waals surface area contributed by atoms with Gasteiger partial charge >= 0.3 is 0 Å². The lowest BCUT2D eigenvalue weighted by Gasteiger charge is -2.23. The van der Waals surface area contributed by atoms with E-state index in [1.807, 2.05) is 37.3 Å². The Balaban J connectivity index is 1.48. The Hall–Kier alpha value is -2.74. The van der Waals surface area contributed by atoms with Crippen molar-refractivity contribution in [2.75, 3.05) is 23.9 Å². The van der Waals surface area contributed by atoms with Gasteiger partial charge in [0.25, 0.3) is 0 Å². The summed E-state index contributed by atoms with van der Waals surface area (Å²) >= 11 is 1.25. The first-order valence-corrected chi connectivity index (χ1v) is 9.64. The quantitative estimate of drug-likeness (QED) is 0.666. The molecule has 1 N–H and O–H groups in total. The average molecular weight is 387 g/mol. The predicted molar refractivity (Wildman–Crippen MR) is 105 cm³/mol. The highest BCUT2D eigenvalue weighted by Gasteiger charge is 2.21. The monoisotopic (exact) mass is 387 g/mol. The zero-order valence-corrected chi connectivity index (χ0v) is 16.2. The van der Waals surface area contributed by atoms with Crippen molar-refractivity contribution < 1.29 is 18.5 Å². The maximum atomic E-state index is 12.4. The largest absolute Gasteiger partial charge is 0.459 e. The zero-order valence-electron chi connectivity index (χ0n) is 15.4. The van der Waals surface area contributed by atoms with Crippen molar-refractivity contribution in [2.45, 2.75) is 19.9 Å². The normalized spacial score (nSPS) is 12.1. The number of carbonyl (C=O) groups is 2. The number of anilines is 1. The van der Waals surface area contributed by atoms with Crippen LogP contribution in [0.15, 0.2) is 45.3 Å². The van der Waals surface area contributed by atoms with Crippen LogP contribution < -0.4 is 5.32 Å². The van der Waals surface area contributed by atoms with Gasteiger partial charge in [0, 0.05) is 18.5 Å². The summed E-state index contributed by atoms with van der Waals surface area (Å²) < 4.78 is 10.7. The van der Waals surface area contributed by atoms with E-state index in [1.165, 1.54) is 11.8 Å². The number of amides is 2. The molecule has 0 bridgehead atoms. The minimum Gasteiger partial charge on any atom is -0.459 e. The van der Waals surface area contributed by atoms with Crippen LogP contribution in [0.25, 0.3) is 11.0 Å². The third kappa shape index (κ3) is 4.71. The molecule has 2 aromatic heterocycles. The molecule has 0 radical (unpaired) electrons. The highest BCUT2D eigenvalue weighted by atomic mass is 32.2. The van der Waals surface area contributed by atoms with Crippen LogP contribution in [0.2, 0.25) is 0 Å². The summed E-state index contributed by atoms with van der Waals surface area (Å²) in [6.45, 7) is 3.66. The molecule has 8 heteroatoms. The van der Waals surface area contributed by atoms with Gasteiger partial charge in [0.1, 0.15) is 17.1 Å². The van der Waals surface area contributed by atoms with Crippen molar-refractivity contribution in [1.82, 2.24) is 10.1 Å². The van der Waals surface area contributed by atoms with Gasteiger partial charge in [0.15, 0.2) is 5.82 Å². The third-order valence-corrected chi connectivity index (χ3v) is 5.10. The van der Waals surface area contributed by atoms with E-state index < -0.39 is 0 Å². The molecule has 2 amide bonds. The van der Waals surface area contributed by atoms with Gasteiger partial charge in [-0.25, -0.2) is 0 Å². The molecule has 0 aliphatic heterocycles. The lowest BCUT2D eigenvalue weighted by molar-refractivity contribution is -0.129. The SMILES string of the molecule is Cc1cc(NC(=O)CSCC(=O)N(C)C(C)c2cc3ccccc3o2)no1. The molecule has 3 rings (SSSR count). The number of aryl methyl sites for hydroxylation is 1. The highest BCUT2D eigenvalue weighted by Crippen LogP contribution is 2.27. The molecule has 0 aliphatic rings. The van der Waals surface area contributed by atoms with Crippen molar-refractivity contribution in [3.05, 3.63) is 47.9 Å². The fraction of sp³-hybridized carbons (Fsp3) is 0.316. The molecule has 0 aliphatic carbocycles. The Bertz CT molecular complexity index is 916. The van der Waals surface area contributed by atoms with Gasteiger partial charge in [-0.2, -0.15) is 0 Å². The fourth-order valence-electron chi connectivity index (χ4n) is 2.55. The predicted octanol–water partition coefficient (Wildman–Crippen LogP) is 3.62. The Morgan fingerprint density at radius 3 is 2.74 bits per heavy atom. The summed E-state index contributed by atoms with van der Waals surface area (Å²) in [6, 6.07) is 11.1. The molecule has 2 heterocycles. The summed E-state index contributed by atoms with van der Waals surface area (Å²) in [5.74, 6) is 1.79. The molecule has 0 saturated carbocycles. The molecule has 3 aromatic rings. The first kappa shape index (κ1) is 19.0. The standard InChI is InChI=1S/C19H21N3O4S/c1-12-8-17(21-26-12)20-18(23)10-27-11-19(24)22(3)13(2)16-9-14-6-4-5-7-15(14)25-16/h4-9,13H,10-11H2,1-3H3,(H,20,21,23). The Morgan fingerprint density at radius 2 is 2.04 bits per heavy atom. The second-order valence-corrected chi connectivity index (χ2v) is 7.22. The lowest BCUT2D eigenvalue weighted by Crippen LogP contribution is -2.31. The zero-order chi connectivity index (χ0) is 19.4. The molecule has 142 valence electrons. The molecule has 0 fully saturated rings. The van der Waals surface area contributed by atoms with Crippen LogP contribution in [0.5, 0.6) is 0 Å². The first-order chi connectivity index (χ1) is 12.9. The van der Waals surface area contributed by atoms with Crippen LogP contribution in [0.3, 0.4) is 0 Å². The summed E-state index contributed by atoms with van der Waals surface area (Å²) in [7, 11) is 1.74. The van der Waals surface area contributed by atoms with Crippen LogP contribution >= 0.6 is 11.8 Å². The van der Waals surface area contributed by atoms with Crippen LogP contribution in [-0.4, -0.2) is 40.4 Å². The van der Waals surface area contributed by atoms with E-state index in [-0.39, 0.29) is 29.4 Å². The number of thioether (sulfide) groups is 1. The molecular formula is C19H21N3O4S. The van der Waals surface area contributed by atoms with E-state index in [4.69, 9.17) is 8.94 Å². The van der Waals surface area contributed by atoms with Gasteiger partial charge in [0.05, 0.1) is 17.5 Å². The molecule has 0 spiro atoms. The van der Waals surface area contributed by atoms with Crippen LogP contribution in [0, 0.1) is 6.92 Å². The van der Waals surface area contributed by atoms with Crippen LogP contribution in [0.1, 0.15) is 24.5 Å². The third-order valence-electron chi connectivity index (χ3n) is 4.18. The molecule has 1 unspecified atom stereocenters. The van der Waals surface area contributed by atoms with Crippen molar-refractivity contribution in [2.24, 2.45) is 0 Å². The number of para-hydroxylation sites is 1. The molecule has 7 nitrogen and oxygen atoms in total. The summed E-state index contributed by atoms with van der Waals surface area (Å²) in [6.07, 6.45) is 0. The van der Waals surface area contributed by atoms with Crippen LogP contribution in [0.4, 0.5) is 5.82 Å². The number of nitrogens with one attached hydrogen (secondary N) is 1. The number of carbonyl (C=O) groups excluding carboxylic acids is 2. The van der Waals surface area contributed by atoms with Gasteiger partial charge in [-0.3, -0.25) is 9.59 Å². The van der Waals surface area contributed by atoms with E-state index in [0.29, 0.717) is 11.6 Å². The molecule has 0 saturated heterocycles. The maximum Gasteiger partial charge on any atom is 0.235 e. The van der Waals surface area contributed by atoms with Crippen molar-refractivity contribution >= 4 is 40.4 Å². The smallest absolute Gasteiger partial charge is 0.235 e. The van der Waals surface area contributed by atoms with E-state index in [1.54, 1.807) is 24.9 Å². The molecule has 1 atom stereocenters. The number of nitrogens with zero attached hydrogens (tertiary/aromatic N) is 2. The summed E-state index contributed by atoms with van der Waals surface area (Å²) in [5, 5.41) is 7.33. The molecule has 1 aromatic carbocycles. The Kier molecular flexibility index (Phi) is 5.85. The highest BCUT2D eigenvalue weighted by molar-refractivity contribution is 8.00. The Morgan fingerprint density at radius 1 is 1.26 bits per heavy atom. The van der Waals surface area contributed by atoms with E-state index in [2.05, 4.69) is 10.5 Å². The fourth-order valence-corrected chi connectivity index (χ4v) is 3.29. The van der Waals surface area contributed by atoms with Gasteiger partial charge in [-0.15, -0.1) is 11.8 Å². The van der Waals surface area contributed by atoms with Crippen molar-refractivity contribution in [1.29, 1.82) is 0 Å². The second kappa shape index (κ2) is 8.30. The number of rotatable bonds is 7. The number of hydrogen-bond acceptors (Lipinski definition) is 6. The second-order valence-electron chi connectivity index (χ2n) is 6.23. The van der Waals surface area contributed by atoms with E-state index in [9.17, 15) is 9.59 Å². The van der Waals surface area contributed by atoms with Gasteiger partial charge in [-0.1, -0.05) is 23.4 Å². The van der Waals surface area contributed by atoms with Gasteiger partial charge in [-0.05, 0) is 26.0 Å². The number of benzene rings is 1. The number of aromatic nitrogens is 1. The number of fused-ring (bicyclic) bond motifs is 1. The van der Waals surface area contributed by atoms with Gasteiger partial charge in [0.2, 0.25) is 11.8 Å². The van der Waals surface area contributed by atoms with Gasteiger partial charge < -0.3 is 19.2 Å². The first-order valence-electron chi connectivity index (χ1n) is 8.49. The summed E-state index contributed by atoms with van der Waals surface area (Å²) in [5.41, 5.74) is 0.800. The number of hydrogen-bond donors (Lipinski definition) is 1. The van der Waals surface area contributed by atoms with E-state index in [0.717, 1.165) is 16.7 Å². The molecule has 27 heavy (non-hydrogen) atoms. The van der Waals surface area contributed by atoms with Crippen molar-refractivity contribution in [3.8, 4) is 0 Å². The maximum absolute atomic E-state index is 12.4. The van der Waals surface area contributed by atoms with E-state index >= 15 is 0 Å². The van der Waals surface area contributed by atoms with Crippen LogP contribution in [-0.2, 0) is 9.59 Å². The minimum atomic E-state index is -0.228. The topological polar surface area (TPSA) is 88.6 Å². The Labute approximate surface area is 161 Å². The minimum absolute atomic E-state index is 0.0713. The molecular weight excluding hydrogens is 366 g/mol. The van der Waals surface area contributed by atoms with Crippen molar-refractivity contribution in [3.63, 3.8) is 0 Å². The number of furan rings is 1.